The molecule has 2 aromatic heterocycles. The Kier molecular flexibility index (Phi) is 6.98. The monoisotopic (exact) mass is 543 g/mol. The smallest absolute Gasteiger partial charge is 0.258 e. The Hall–Kier alpha value is -4.60. The van der Waals surface area contributed by atoms with Gasteiger partial charge in [0.1, 0.15) is 23.8 Å². The lowest BCUT2D eigenvalue weighted by Crippen LogP contribution is -2.27. The average molecular weight is 544 g/mol. The number of para-hydroxylation sites is 1. The number of carbonyl (C=O) groups is 2. The van der Waals surface area contributed by atoms with Crippen LogP contribution in [0.1, 0.15) is 45.9 Å². The summed E-state index contributed by atoms with van der Waals surface area (Å²) in [5.41, 5.74) is 2.90. The minimum absolute atomic E-state index is 0.0544. The van der Waals surface area contributed by atoms with Crippen LogP contribution in [0.25, 0.3) is 0 Å². The molecule has 0 spiro atoms. The number of fused-ring (bicyclic) bond motifs is 2. The van der Waals surface area contributed by atoms with Gasteiger partial charge in [-0.3, -0.25) is 9.59 Å². The number of nitrogens with zero attached hydrogens (tertiary/aromatic N) is 4. The molecule has 10 heteroatoms. The van der Waals surface area contributed by atoms with E-state index in [1.165, 1.54) is 12.3 Å². The molecule has 1 amide bonds. The first-order valence-corrected chi connectivity index (χ1v) is 13.2. The van der Waals surface area contributed by atoms with Gasteiger partial charge in [0.05, 0.1) is 18.0 Å². The highest BCUT2D eigenvalue weighted by molar-refractivity contribution is 5.96. The average Bonchev–Trinajstić information content (AvgIpc) is 3.66. The second-order valence-electron chi connectivity index (χ2n) is 9.89. The number of carbonyl (C=O) groups excluding carboxylic acids is 2. The summed E-state index contributed by atoms with van der Waals surface area (Å²) in [6, 6.07) is 15.3. The van der Waals surface area contributed by atoms with E-state index in [9.17, 15) is 18.4 Å². The second kappa shape index (κ2) is 10.9. The van der Waals surface area contributed by atoms with Crippen LogP contribution in [-0.4, -0.2) is 39.3 Å². The summed E-state index contributed by atoms with van der Waals surface area (Å²) in [6.07, 6.45) is 5.29. The number of anilines is 2. The van der Waals surface area contributed by atoms with E-state index >= 15 is 0 Å². The van der Waals surface area contributed by atoms with Gasteiger partial charge in [-0.15, -0.1) is 0 Å². The van der Waals surface area contributed by atoms with Crippen LogP contribution < -0.4 is 15.0 Å². The number of halogens is 2. The van der Waals surface area contributed by atoms with Crippen molar-refractivity contribution in [2.45, 2.75) is 38.3 Å². The molecule has 2 aliphatic rings. The number of amides is 1. The first-order chi connectivity index (χ1) is 19.5. The molecule has 1 N–H and O–H groups in total. The highest BCUT2D eigenvalue weighted by Crippen LogP contribution is 2.34. The summed E-state index contributed by atoms with van der Waals surface area (Å²) < 4.78 is 36.2. The predicted molar refractivity (Wildman–Crippen MR) is 144 cm³/mol. The van der Waals surface area contributed by atoms with Crippen molar-refractivity contribution in [2.75, 3.05) is 18.0 Å². The van der Waals surface area contributed by atoms with Crippen molar-refractivity contribution < 1.29 is 23.1 Å². The first kappa shape index (κ1) is 25.7. The summed E-state index contributed by atoms with van der Waals surface area (Å²) in [6.45, 7) is 0.907. The Morgan fingerprint density at radius 1 is 1.07 bits per heavy atom. The lowest BCUT2D eigenvalue weighted by molar-refractivity contribution is -0.119. The fourth-order valence-corrected chi connectivity index (χ4v) is 5.35. The number of nitrogens with one attached hydrogen (secondary N) is 1. The maximum Gasteiger partial charge on any atom is 0.258 e. The van der Waals surface area contributed by atoms with Crippen molar-refractivity contribution in [3.05, 3.63) is 101 Å². The van der Waals surface area contributed by atoms with Gasteiger partial charge < -0.3 is 19.5 Å². The summed E-state index contributed by atoms with van der Waals surface area (Å²) in [5.74, 6) is -1.72. The first-order valence-electron chi connectivity index (χ1n) is 13.2. The molecule has 1 atom stereocenters. The number of aromatic nitrogens is 3. The Labute approximate surface area is 229 Å². The lowest BCUT2D eigenvalue weighted by atomic mass is 9.97. The van der Waals surface area contributed by atoms with Gasteiger partial charge >= 0.3 is 0 Å². The zero-order chi connectivity index (χ0) is 27.6. The van der Waals surface area contributed by atoms with Gasteiger partial charge in [-0.25, -0.2) is 13.8 Å². The van der Waals surface area contributed by atoms with Crippen LogP contribution in [0.3, 0.4) is 0 Å². The van der Waals surface area contributed by atoms with E-state index in [-0.39, 0.29) is 28.7 Å². The minimum atomic E-state index is -0.749. The third-order valence-electron chi connectivity index (χ3n) is 7.42. The quantitative estimate of drug-likeness (QED) is 0.308. The highest BCUT2D eigenvalue weighted by atomic mass is 19.1. The molecule has 8 nitrogen and oxygen atoms in total. The van der Waals surface area contributed by atoms with Crippen LogP contribution in [0.2, 0.25) is 0 Å². The molecule has 40 heavy (non-hydrogen) atoms. The van der Waals surface area contributed by atoms with Crippen molar-refractivity contribution >= 4 is 23.3 Å². The molecule has 0 bridgehead atoms. The largest absolute Gasteiger partial charge is 0.472 e. The van der Waals surface area contributed by atoms with E-state index in [1.807, 2.05) is 52.1 Å². The number of hydrogen-bond acceptors (Lipinski definition) is 6. The van der Waals surface area contributed by atoms with Crippen molar-refractivity contribution in [3.8, 4) is 5.88 Å². The van der Waals surface area contributed by atoms with Crippen molar-refractivity contribution in [1.29, 1.82) is 0 Å². The Bertz CT molecular complexity index is 1570. The molecule has 0 saturated heterocycles. The lowest BCUT2D eigenvalue weighted by Gasteiger charge is -2.19. The van der Waals surface area contributed by atoms with Gasteiger partial charge in [-0.1, -0.05) is 24.3 Å². The highest BCUT2D eigenvalue weighted by Gasteiger charge is 2.30. The van der Waals surface area contributed by atoms with E-state index < -0.39 is 24.1 Å². The number of Topliss-reactive ketones (excluding diaryl/α,β-unsaturated/α-hetero) is 1. The van der Waals surface area contributed by atoms with E-state index in [1.54, 1.807) is 0 Å². The summed E-state index contributed by atoms with van der Waals surface area (Å²) in [4.78, 5) is 36.4. The van der Waals surface area contributed by atoms with Gasteiger partial charge in [0.15, 0.2) is 5.78 Å². The van der Waals surface area contributed by atoms with E-state index in [4.69, 9.17) is 4.74 Å². The maximum atomic E-state index is 14.3. The van der Waals surface area contributed by atoms with E-state index in [0.717, 1.165) is 35.5 Å². The Balaban J connectivity index is 1.19. The van der Waals surface area contributed by atoms with E-state index in [2.05, 4.69) is 15.3 Å². The van der Waals surface area contributed by atoms with Gasteiger partial charge in [0.2, 0.25) is 11.8 Å². The number of benzene rings is 2. The topological polar surface area (TPSA) is 89.4 Å². The van der Waals surface area contributed by atoms with Gasteiger partial charge in [0, 0.05) is 36.9 Å². The molecule has 0 fully saturated rings. The summed E-state index contributed by atoms with van der Waals surface area (Å²) >= 11 is 0. The van der Waals surface area contributed by atoms with Crippen LogP contribution in [0.4, 0.5) is 20.4 Å². The van der Waals surface area contributed by atoms with Gasteiger partial charge in [0.25, 0.3) is 5.91 Å². The Morgan fingerprint density at radius 3 is 2.75 bits per heavy atom. The predicted octanol–water partition coefficient (Wildman–Crippen LogP) is 4.71. The molecule has 4 aromatic rings. The fourth-order valence-electron chi connectivity index (χ4n) is 5.35. The molecule has 0 saturated carbocycles. The number of ether oxygens (including phenoxy) is 1. The summed E-state index contributed by atoms with van der Waals surface area (Å²) in [5, 5.41) is 2.84. The molecule has 2 aromatic carbocycles. The molecule has 1 unspecified atom stereocenters. The molecule has 204 valence electrons. The number of ketones is 1. The SMILES string of the molecule is O=C(NCCCC1C(=O)Cn2cccc21)c1cnc(N2CCc3ccccc32)nc1OCc1c(F)cccc1F. The Morgan fingerprint density at radius 2 is 1.90 bits per heavy atom. The van der Waals surface area contributed by atoms with Gasteiger partial charge in [-0.05, 0) is 55.2 Å². The van der Waals surface area contributed by atoms with Crippen LogP contribution in [0.15, 0.2) is 67.0 Å². The maximum absolute atomic E-state index is 14.3. The third-order valence-corrected chi connectivity index (χ3v) is 7.42. The van der Waals surface area contributed by atoms with Crippen LogP contribution in [0, 0.1) is 11.6 Å². The molecule has 0 radical (unpaired) electrons. The molecule has 4 heterocycles. The van der Waals surface area contributed by atoms with Crippen LogP contribution in [-0.2, 0) is 24.4 Å². The van der Waals surface area contributed by atoms with Crippen molar-refractivity contribution in [2.24, 2.45) is 0 Å². The molecule has 0 aliphatic carbocycles. The second-order valence-corrected chi connectivity index (χ2v) is 9.89. The zero-order valence-corrected chi connectivity index (χ0v) is 21.6. The van der Waals surface area contributed by atoms with Crippen LogP contribution in [0.5, 0.6) is 5.88 Å². The molecule has 2 aliphatic heterocycles. The standard InChI is InChI=1S/C30H27F2N5O3/c31-23-8-3-9-24(32)22(23)18-40-29-21(16-34-30(35-29)37-15-12-19-6-1-2-10-25(19)37)28(39)33-13-4-7-20-26-11-5-14-36(26)17-27(20)38/h1-3,5-6,8-11,14,16,20H,4,7,12-13,15,17-18H2,(H,33,39). The minimum Gasteiger partial charge on any atom is -0.472 e. The van der Waals surface area contributed by atoms with Crippen molar-refractivity contribution in [1.82, 2.24) is 19.9 Å². The summed E-state index contributed by atoms with van der Waals surface area (Å²) in [7, 11) is 0. The zero-order valence-electron chi connectivity index (χ0n) is 21.6. The van der Waals surface area contributed by atoms with Crippen LogP contribution >= 0.6 is 0 Å². The van der Waals surface area contributed by atoms with Gasteiger partial charge in [-0.2, -0.15) is 4.98 Å². The molecular weight excluding hydrogens is 516 g/mol. The molecular formula is C30H27F2N5O3. The fraction of sp³-hybridized carbons (Fsp3) is 0.267. The number of hydrogen-bond donors (Lipinski definition) is 1. The molecule has 6 rings (SSSR count). The van der Waals surface area contributed by atoms with E-state index in [0.29, 0.717) is 38.4 Å². The number of rotatable bonds is 9. The van der Waals surface area contributed by atoms with Crippen molar-refractivity contribution in [3.63, 3.8) is 0 Å². The third kappa shape index (κ3) is 4.92. The normalized spacial score (nSPS) is 15.7.